The minimum absolute atomic E-state index is 0.0247. The van der Waals surface area contributed by atoms with Gasteiger partial charge in [-0.1, -0.05) is 409 Å². The number of hydrogen-bond donors (Lipinski definition) is 4. The fraction of sp³-hybridized carbons (Fsp3) is 0.680. The molecule has 0 aromatic heterocycles. The summed E-state index contributed by atoms with van der Waals surface area (Å²) < 4.78 is 61.4. The quantitative estimate of drug-likeness (QED) is 0.0146. The van der Waals surface area contributed by atoms with Crippen LogP contribution < -0.4 is 0 Å². The summed E-state index contributed by atoms with van der Waals surface area (Å²) in [6.07, 6.45) is 124. The van der Waals surface area contributed by atoms with Gasteiger partial charge in [-0.25, -0.2) is 9.13 Å². The number of allylic oxidation sites excluding steroid dienone is 30. The summed E-state index contributed by atoms with van der Waals surface area (Å²) in [7, 11) is -9.84. The molecule has 0 aliphatic heterocycles. The Morgan fingerprint density at radius 2 is 0.455 bits per heavy atom. The first-order valence-corrected chi connectivity index (χ1v) is 51.1. The molecular formula is C103H174O16P2. The summed E-state index contributed by atoms with van der Waals surface area (Å²) in [6.45, 7) is 2.38. The van der Waals surface area contributed by atoms with Gasteiger partial charge in [-0.2, -0.15) is 0 Å². The Hall–Kier alpha value is -5.35. The molecule has 0 radical (unpaired) electrons. The van der Waals surface area contributed by atoms with Crippen LogP contribution in [0.25, 0.3) is 0 Å². The molecule has 0 saturated heterocycles. The van der Waals surface area contributed by atoms with Gasteiger partial charge in [-0.3, -0.25) is 32.5 Å². The molecule has 692 valence electrons. The van der Waals surface area contributed by atoms with Gasteiger partial charge in [-0.15, -0.1) is 0 Å². The van der Waals surface area contributed by atoms with Crippen LogP contribution in [-0.4, -0.2) is 95.9 Å². The number of aliphatic hydroxyl groups is 2. The molecule has 0 saturated carbocycles. The van der Waals surface area contributed by atoms with Gasteiger partial charge in [0.2, 0.25) is 0 Å². The second kappa shape index (κ2) is 93.8. The molecule has 0 amide bonds. The predicted octanol–water partition coefficient (Wildman–Crippen LogP) is 30.0. The van der Waals surface area contributed by atoms with Crippen molar-refractivity contribution in [2.45, 2.75) is 411 Å². The summed E-state index contributed by atoms with van der Waals surface area (Å²) in [6, 6.07) is 0. The fourth-order valence-electron chi connectivity index (χ4n) is 12.9. The molecule has 16 nitrogen and oxygen atoms in total. The van der Waals surface area contributed by atoms with Crippen molar-refractivity contribution >= 4 is 33.6 Å². The molecule has 0 spiro atoms. The fourth-order valence-corrected chi connectivity index (χ4v) is 14.5. The first-order valence-electron chi connectivity index (χ1n) is 48.1. The Kier molecular flexibility index (Phi) is 89.6. The Balaban J connectivity index is 4.53. The minimum Gasteiger partial charge on any atom is -0.463 e. The van der Waals surface area contributed by atoms with Gasteiger partial charge < -0.3 is 34.2 Å². The molecule has 0 aromatic carbocycles. The summed E-state index contributed by atoms with van der Waals surface area (Å²) in [5, 5.41) is 20.7. The van der Waals surface area contributed by atoms with Gasteiger partial charge in [0, 0.05) is 19.3 Å². The number of esters is 3. The summed E-state index contributed by atoms with van der Waals surface area (Å²) >= 11 is 0. The van der Waals surface area contributed by atoms with Crippen molar-refractivity contribution in [2.75, 3.05) is 39.6 Å². The standard InChI is InChI=1S/C103H174O16P2/c1-4-7-10-13-16-19-22-25-28-31-34-36-38-40-42-44-46-47-48-49-51-53-54-56-58-60-63-65-68-71-74-77-80-83-86-89-101(106)113-92-98(104)93-115-120(109,110)116-94-99(105)95-117-121(111,112)118-97-100(119-103(108)91-88-85-82-79-76-73-70-67-62-33-30-27-24-21-18-15-12-9-6-3)96-114-102(107)90-87-84-81-78-75-72-69-66-64-61-59-57-55-52-50-45-43-41-39-37-35-32-29-26-23-20-17-14-11-8-5-2/h8-9,11-12,16-21,25-30,34-37,40-43,62,67,73,76,82,85,98-100,104-105H,4-7,10,13-15,22-24,31-33,38-39,44-61,63-66,68-72,74-75,77-81,83-84,86-97H2,1-3H3,(H,109,110)(H,111,112)/b11-8-,12-9-,19-16-,20-17-,21-18-,28-25-,29-26-,30-27-,36-34-,37-35-,42-40-,43-41-,67-62-,76-73-,85-82-. The Bertz CT molecular complexity index is 2930. The largest absolute Gasteiger partial charge is 0.472 e. The molecule has 0 bridgehead atoms. The third-order valence-corrected chi connectivity index (χ3v) is 22.0. The van der Waals surface area contributed by atoms with E-state index in [9.17, 15) is 43.5 Å². The molecule has 5 unspecified atom stereocenters. The van der Waals surface area contributed by atoms with Crippen molar-refractivity contribution in [1.29, 1.82) is 0 Å². The number of rotatable bonds is 90. The van der Waals surface area contributed by atoms with E-state index in [1.165, 1.54) is 193 Å². The van der Waals surface area contributed by atoms with Crippen LogP contribution in [0.4, 0.5) is 0 Å². The number of phosphoric acid groups is 2. The third kappa shape index (κ3) is 95.2. The normalized spacial score (nSPS) is 14.5. The molecule has 18 heteroatoms. The first-order chi connectivity index (χ1) is 59.2. The lowest BCUT2D eigenvalue weighted by molar-refractivity contribution is -0.161. The van der Waals surface area contributed by atoms with E-state index in [1.807, 2.05) is 18.2 Å². The van der Waals surface area contributed by atoms with Crippen molar-refractivity contribution in [1.82, 2.24) is 0 Å². The average molecular weight is 1730 g/mol. The van der Waals surface area contributed by atoms with E-state index >= 15 is 0 Å². The molecule has 0 aliphatic rings. The first kappa shape index (κ1) is 116. The number of aliphatic hydroxyl groups excluding tert-OH is 2. The molecule has 121 heavy (non-hydrogen) atoms. The van der Waals surface area contributed by atoms with Crippen LogP contribution in [0.1, 0.15) is 393 Å². The van der Waals surface area contributed by atoms with Crippen LogP contribution in [0, 0.1) is 0 Å². The molecule has 0 aliphatic carbocycles. The van der Waals surface area contributed by atoms with Gasteiger partial charge in [-0.05, 0) is 148 Å². The number of hydrogen-bond acceptors (Lipinski definition) is 14. The third-order valence-electron chi connectivity index (χ3n) is 20.1. The molecule has 0 rings (SSSR count). The minimum atomic E-state index is -4.96. The Labute approximate surface area is 738 Å². The maximum Gasteiger partial charge on any atom is 0.472 e. The van der Waals surface area contributed by atoms with Crippen molar-refractivity contribution in [2.24, 2.45) is 0 Å². The van der Waals surface area contributed by atoms with Crippen LogP contribution >= 0.6 is 15.6 Å². The zero-order valence-electron chi connectivity index (χ0n) is 76.4. The summed E-state index contributed by atoms with van der Waals surface area (Å²) in [5.41, 5.74) is 0. The lowest BCUT2D eigenvalue weighted by Gasteiger charge is -2.21. The maximum atomic E-state index is 13.0. The monoisotopic (exact) mass is 1730 g/mol. The Morgan fingerprint density at radius 3 is 0.727 bits per heavy atom. The highest BCUT2D eigenvalue weighted by molar-refractivity contribution is 7.47. The van der Waals surface area contributed by atoms with E-state index in [0.29, 0.717) is 25.7 Å². The predicted molar refractivity (Wildman–Crippen MR) is 509 cm³/mol. The Morgan fingerprint density at radius 1 is 0.240 bits per heavy atom. The summed E-state index contributed by atoms with van der Waals surface area (Å²) in [5.74, 6) is -1.67. The maximum absolute atomic E-state index is 13.0. The van der Waals surface area contributed by atoms with Crippen molar-refractivity contribution in [3.8, 4) is 0 Å². The lowest BCUT2D eigenvalue weighted by Crippen LogP contribution is -2.29. The molecule has 0 heterocycles. The van der Waals surface area contributed by atoms with E-state index < -0.39 is 91.5 Å². The number of unbranched alkanes of at least 4 members (excludes halogenated alkanes) is 37. The van der Waals surface area contributed by atoms with Gasteiger partial charge >= 0.3 is 33.6 Å². The molecule has 4 N–H and O–H groups in total. The van der Waals surface area contributed by atoms with Gasteiger partial charge in [0.05, 0.1) is 26.4 Å². The number of phosphoric ester groups is 2. The van der Waals surface area contributed by atoms with E-state index in [4.69, 9.17) is 32.3 Å². The molecule has 0 aromatic rings. The van der Waals surface area contributed by atoms with E-state index in [-0.39, 0.29) is 19.3 Å². The van der Waals surface area contributed by atoms with Gasteiger partial charge in [0.15, 0.2) is 6.10 Å². The van der Waals surface area contributed by atoms with Gasteiger partial charge in [0.25, 0.3) is 0 Å². The molecule has 0 fully saturated rings. The van der Waals surface area contributed by atoms with Crippen molar-refractivity contribution < 1.29 is 75.8 Å². The number of ether oxygens (including phenoxy) is 3. The van der Waals surface area contributed by atoms with E-state index in [2.05, 4.69) is 185 Å². The van der Waals surface area contributed by atoms with Crippen LogP contribution in [0.5, 0.6) is 0 Å². The second-order valence-corrected chi connectivity index (χ2v) is 34.7. The molecule has 5 atom stereocenters. The number of carbonyl (C=O) groups is 3. The summed E-state index contributed by atoms with van der Waals surface area (Å²) in [4.78, 5) is 59.0. The smallest absolute Gasteiger partial charge is 0.463 e. The van der Waals surface area contributed by atoms with Crippen LogP contribution in [-0.2, 0) is 55.8 Å². The lowest BCUT2D eigenvalue weighted by atomic mass is 10.0. The highest BCUT2D eigenvalue weighted by atomic mass is 31.2. The van der Waals surface area contributed by atoms with Crippen molar-refractivity contribution in [3.63, 3.8) is 0 Å². The zero-order valence-corrected chi connectivity index (χ0v) is 78.2. The molecular weight excluding hydrogens is 1560 g/mol. The van der Waals surface area contributed by atoms with Crippen LogP contribution in [0.3, 0.4) is 0 Å². The van der Waals surface area contributed by atoms with Crippen LogP contribution in [0.15, 0.2) is 182 Å². The number of carbonyl (C=O) groups excluding carboxylic acids is 3. The van der Waals surface area contributed by atoms with Gasteiger partial charge in [0.1, 0.15) is 25.4 Å². The zero-order chi connectivity index (χ0) is 87.9. The van der Waals surface area contributed by atoms with E-state index in [0.717, 1.165) is 135 Å². The van der Waals surface area contributed by atoms with Crippen molar-refractivity contribution in [3.05, 3.63) is 182 Å². The second-order valence-electron chi connectivity index (χ2n) is 31.8. The van der Waals surface area contributed by atoms with E-state index in [1.54, 1.807) is 0 Å². The highest BCUT2D eigenvalue weighted by Crippen LogP contribution is 2.45. The van der Waals surface area contributed by atoms with Crippen LogP contribution in [0.2, 0.25) is 0 Å². The highest BCUT2D eigenvalue weighted by Gasteiger charge is 2.29. The topological polar surface area (TPSA) is 231 Å². The SMILES string of the molecule is CC/C=C\C/C=C\C/C=C\C/C=C\C/C=C\C/C=C\CCC(=O)OC(COC(=O)CCCCCCCCCCCCCCCCC/C=C\C/C=C\C/C=C\C/C=C\C/C=C\CC)COP(=O)(O)OCC(O)COP(=O)(O)OCC(O)COC(=O)CCCCCCCCCCCCCCCCCCCCC/C=C\C/C=C\C/C=C\C/C=C\CCCCC. The average Bonchev–Trinajstić information content (AvgIpc) is 0.968.